The lowest BCUT2D eigenvalue weighted by Gasteiger charge is -2.10. The molecule has 0 fully saturated rings. The van der Waals surface area contributed by atoms with Crippen LogP contribution in [-0.4, -0.2) is 19.4 Å². The highest BCUT2D eigenvalue weighted by atomic mass is 32.2. The van der Waals surface area contributed by atoms with Gasteiger partial charge in [-0.05, 0) is 47.5 Å². The van der Waals surface area contributed by atoms with Crippen molar-refractivity contribution in [2.75, 3.05) is 5.32 Å². The number of rotatable bonds is 6. The van der Waals surface area contributed by atoms with Crippen LogP contribution in [0, 0.1) is 0 Å². The number of benzene rings is 2. The first-order chi connectivity index (χ1) is 14.6. The van der Waals surface area contributed by atoms with Crippen molar-refractivity contribution in [3.63, 3.8) is 0 Å². The van der Waals surface area contributed by atoms with Crippen molar-refractivity contribution in [1.82, 2.24) is 10.3 Å². The molecule has 3 rings (SSSR count). The van der Waals surface area contributed by atoms with Crippen molar-refractivity contribution in [2.45, 2.75) is 23.4 Å². The van der Waals surface area contributed by atoms with Gasteiger partial charge in [-0.1, -0.05) is 24.3 Å². The molecule has 0 aliphatic rings. The number of anilines is 1. The van der Waals surface area contributed by atoms with Gasteiger partial charge in [0.25, 0.3) is 0 Å². The summed E-state index contributed by atoms with van der Waals surface area (Å²) in [5.41, 5.74) is 0.305. The van der Waals surface area contributed by atoms with E-state index in [1.807, 2.05) is 0 Å². The molecule has 0 saturated carbocycles. The number of carbonyl (C=O) groups is 1. The number of amides is 2. The van der Waals surface area contributed by atoms with Crippen LogP contribution in [0.15, 0.2) is 78.0 Å². The van der Waals surface area contributed by atoms with Crippen molar-refractivity contribution in [2.24, 2.45) is 0 Å². The summed E-state index contributed by atoms with van der Waals surface area (Å²) in [5.74, 6) is -0.574. The predicted octanol–water partition coefficient (Wildman–Crippen LogP) is 4.40. The average molecular weight is 449 g/mol. The molecule has 0 unspecified atom stereocenters. The Kier molecular flexibility index (Phi) is 6.59. The van der Waals surface area contributed by atoms with E-state index >= 15 is 0 Å². The molecule has 31 heavy (non-hydrogen) atoms. The summed E-state index contributed by atoms with van der Waals surface area (Å²) in [6.07, 6.45) is -1.32. The van der Waals surface area contributed by atoms with Gasteiger partial charge in [-0.25, -0.2) is 13.2 Å². The molecule has 3 aromatic rings. The summed E-state index contributed by atoms with van der Waals surface area (Å²) < 4.78 is 63.6. The number of urea groups is 1. The number of nitrogens with zero attached hydrogens (tertiary/aromatic N) is 1. The van der Waals surface area contributed by atoms with Crippen LogP contribution in [0.4, 0.5) is 23.7 Å². The zero-order valence-electron chi connectivity index (χ0n) is 16.1. The number of aromatic nitrogens is 1. The summed E-state index contributed by atoms with van der Waals surface area (Å²) in [6.45, 7) is 0.267. The average Bonchev–Trinajstić information content (AvgIpc) is 2.73. The quantitative estimate of drug-likeness (QED) is 0.584. The first-order valence-corrected chi connectivity index (χ1v) is 10.7. The van der Waals surface area contributed by atoms with Gasteiger partial charge in [0.05, 0.1) is 16.2 Å². The number of sulfone groups is 1. The molecule has 10 heteroatoms. The molecule has 2 amide bonds. The molecule has 162 valence electrons. The molecule has 0 aliphatic heterocycles. The topological polar surface area (TPSA) is 88.2 Å². The molecule has 2 aromatic carbocycles. The number of pyridine rings is 1. The van der Waals surface area contributed by atoms with Gasteiger partial charge in [0.2, 0.25) is 0 Å². The largest absolute Gasteiger partial charge is 0.416 e. The van der Waals surface area contributed by atoms with Crippen LogP contribution in [0.5, 0.6) is 0 Å². The first kappa shape index (κ1) is 22.3. The van der Waals surface area contributed by atoms with Gasteiger partial charge < -0.3 is 10.6 Å². The van der Waals surface area contributed by atoms with Crippen LogP contribution in [0.3, 0.4) is 0 Å². The highest BCUT2D eigenvalue weighted by Crippen LogP contribution is 2.30. The minimum atomic E-state index is -4.55. The van der Waals surface area contributed by atoms with E-state index in [2.05, 4.69) is 15.6 Å². The summed E-state index contributed by atoms with van der Waals surface area (Å²) >= 11 is 0. The molecule has 0 atom stereocenters. The van der Waals surface area contributed by atoms with Crippen LogP contribution in [0.2, 0.25) is 0 Å². The summed E-state index contributed by atoms with van der Waals surface area (Å²) in [6, 6.07) is 12.7. The Balaban J connectivity index is 1.63. The van der Waals surface area contributed by atoms with Gasteiger partial charge in [0.15, 0.2) is 9.84 Å². The van der Waals surface area contributed by atoms with Gasteiger partial charge in [-0.2, -0.15) is 13.2 Å². The molecular weight excluding hydrogens is 431 g/mol. The Morgan fingerprint density at radius 1 is 0.968 bits per heavy atom. The van der Waals surface area contributed by atoms with Gasteiger partial charge in [-0.15, -0.1) is 0 Å². The third-order valence-corrected chi connectivity index (χ3v) is 5.96. The maximum atomic E-state index is 12.8. The van der Waals surface area contributed by atoms with Crippen LogP contribution in [0.25, 0.3) is 0 Å². The van der Waals surface area contributed by atoms with Crippen molar-refractivity contribution >= 4 is 21.6 Å². The highest BCUT2D eigenvalue weighted by molar-refractivity contribution is 7.90. The van der Waals surface area contributed by atoms with E-state index in [-0.39, 0.29) is 17.0 Å². The molecule has 1 heterocycles. The van der Waals surface area contributed by atoms with Gasteiger partial charge in [-0.3, -0.25) is 4.98 Å². The zero-order chi connectivity index (χ0) is 22.5. The molecule has 0 aliphatic carbocycles. The van der Waals surface area contributed by atoms with Crippen molar-refractivity contribution < 1.29 is 26.4 Å². The maximum absolute atomic E-state index is 12.8. The molecular formula is C21H18F3N3O3S. The Labute approximate surface area is 177 Å². The molecule has 0 spiro atoms. The second-order valence-electron chi connectivity index (χ2n) is 6.65. The van der Waals surface area contributed by atoms with Crippen LogP contribution in [0.1, 0.15) is 16.7 Å². The second-order valence-corrected chi connectivity index (χ2v) is 8.64. The highest BCUT2D eigenvalue weighted by Gasteiger charge is 2.30. The SMILES string of the molecule is O=C(NCc1cccnc1)Nc1ccc(S(=O)(=O)Cc2cccc(C(F)(F)F)c2)cc1. The lowest BCUT2D eigenvalue weighted by Crippen LogP contribution is -2.28. The maximum Gasteiger partial charge on any atom is 0.416 e. The Hall–Kier alpha value is -3.40. The smallest absolute Gasteiger partial charge is 0.334 e. The summed E-state index contributed by atoms with van der Waals surface area (Å²) in [5, 5.41) is 5.22. The number of alkyl halides is 3. The normalized spacial score (nSPS) is 11.7. The van der Waals surface area contributed by atoms with Crippen molar-refractivity contribution in [3.8, 4) is 0 Å². The van der Waals surface area contributed by atoms with Crippen LogP contribution < -0.4 is 10.6 Å². The molecule has 1 aromatic heterocycles. The predicted molar refractivity (Wildman–Crippen MR) is 109 cm³/mol. The number of carbonyl (C=O) groups excluding carboxylic acids is 1. The van der Waals surface area contributed by atoms with E-state index in [9.17, 15) is 26.4 Å². The van der Waals surface area contributed by atoms with Crippen LogP contribution in [-0.2, 0) is 28.3 Å². The lowest BCUT2D eigenvalue weighted by molar-refractivity contribution is -0.137. The van der Waals surface area contributed by atoms with Crippen LogP contribution >= 0.6 is 0 Å². The number of halogens is 3. The summed E-state index contributed by atoms with van der Waals surface area (Å²) in [7, 11) is -3.87. The van der Waals surface area contributed by atoms with Gasteiger partial charge in [0, 0.05) is 24.6 Å². The molecule has 0 radical (unpaired) electrons. The Bertz CT molecular complexity index is 1150. The van der Waals surface area contributed by atoms with E-state index in [0.717, 1.165) is 17.7 Å². The third-order valence-electron chi connectivity index (χ3n) is 4.26. The standard InChI is InChI=1S/C21H18F3N3O3S/c22-21(23,24)17-5-1-3-15(11-17)14-31(29,30)19-8-6-18(7-9-19)27-20(28)26-13-16-4-2-10-25-12-16/h1-12H,13-14H2,(H2,26,27,28). The van der Waals surface area contributed by atoms with E-state index in [1.165, 1.54) is 36.4 Å². The fourth-order valence-corrected chi connectivity index (χ4v) is 4.08. The fourth-order valence-electron chi connectivity index (χ4n) is 2.75. The van der Waals surface area contributed by atoms with E-state index in [0.29, 0.717) is 5.69 Å². The van der Waals surface area contributed by atoms with E-state index < -0.39 is 33.4 Å². The lowest BCUT2D eigenvalue weighted by atomic mass is 10.1. The van der Waals surface area contributed by atoms with E-state index in [4.69, 9.17) is 0 Å². The first-order valence-electron chi connectivity index (χ1n) is 9.06. The molecule has 6 nitrogen and oxygen atoms in total. The van der Waals surface area contributed by atoms with Crippen molar-refractivity contribution in [3.05, 3.63) is 89.7 Å². The number of hydrogen-bond acceptors (Lipinski definition) is 4. The minimum Gasteiger partial charge on any atom is -0.334 e. The minimum absolute atomic E-state index is 0.0341. The second kappa shape index (κ2) is 9.17. The van der Waals surface area contributed by atoms with Crippen molar-refractivity contribution in [1.29, 1.82) is 0 Å². The molecule has 0 saturated heterocycles. The molecule has 2 N–H and O–H groups in total. The fraction of sp³-hybridized carbons (Fsp3) is 0.143. The Morgan fingerprint density at radius 2 is 1.68 bits per heavy atom. The number of hydrogen-bond donors (Lipinski definition) is 2. The monoisotopic (exact) mass is 449 g/mol. The molecule has 0 bridgehead atoms. The van der Waals surface area contributed by atoms with Gasteiger partial charge in [0.1, 0.15) is 0 Å². The van der Waals surface area contributed by atoms with Gasteiger partial charge >= 0.3 is 12.2 Å². The zero-order valence-corrected chi connectivity index (χ0v) is 16.9. The van der Waals surface area contributed by atoms with E-state index in [1.54, 1.807) is 24.5 Å². The number of nitrogens with one attached hydrogen (secondary N) is 2. The third kappa shape index (κ3) is 6.29. The summed E-state index contributed by atoms with van der Waals surface area (Å²) in [4.78, 5) is 15.8. The Morgan fingerprint density at radius 3 is 2.32 bits per heavy atom.